The van der Waals surface area contributed by atoms with Crippen LogP contribution >= 0.6 is 0 Å². The van der Waals surface area contributed by atoms with Gasteiger partial charge in [-0.2, -0.15) is 0 Å². The zero-order valence-electron chi connectivity index (χ0n) is 14.2. The number of benzene rings is 2. The highest BCUT2D eigenvalue weighted by atomic mass is 16.5. The standard InChI is InChI=1S/C19H21N3O2/c1-4-24-17-7-5-6-15-18(17)19(22-12(2)21-15)14-10-13(11-20)8-9-16(14)23-3/h5-10H,4,11,20H2,1-3H3. The lowest BCUT2D eigenvalue weighted by Crippen LogP contribution is -2.01. The first kappa shape index (κ1) is 16.2. The molecule has 5 heteroatoms. The average molecular weight is 323 g/mol. The lowest BCUT2D eigenvalue weighted by molar-refractivity contribution is 0.344. The van der Waals surface area contributed by atoms with E-state index in [0.717, 1.165) is 39.2 Å². The third kappa shape index (κ3) is 2.90. The summed E-state index contributed by atoms with van der Waals surface area (Å²) >= 11 is 0. The van der Waals surface area contributed by atoms with E-state index in [1.54, 1.807) is 7.11 Å². The maximum Gasteiger partial charge on any atom is 0.130 e. The number of nitrogens with two attached hydrogens (primary N) is 1. The molecule has 2 N–H and O–H groups in total. The Morgan fingerprint density at radius 1 is 1.08 bits per heavy atom. The lowest BCUT2D eigenvalue weighted by atomic mass is 10.0. The zero-order chi connectivity index (χ0) is 17.1. The Balaban J connectivity index is 2.37. The van der Waals surface area contributed by atoms with E-state index in [0.29, 0.717) is 19.0 Å². The second-order valence-electron chi connectivity index (χ2n) is 5.44. The molecule has 0 aliphatic rings. The molecule has 0 unspecified atom stereocenters. The normalized spacial score (nSPS) is 10.8. The van der Waals surface area contributed by atoms with E-state index in [1.807, 2.05) is 50.2 Å². The van der Waals surface area contributed by atoms with Crippen LogP contribution in [0.4, 0.5) is 0 Å². The van der Waals surface area contributed by atoms with Crippen LogP contribution < -0.4 is 15.2 Å². The molecule has 1 heterocycles. The van der Waals surface area contributed by atoms with Crippen LogP contribution in [0.3, 0.4) is 0 Å². The quantitative estimate of drug-likeness (QED) is 0.778. The Morgan fingerprint density at radius 3 is 2.62 bits per heavy atom. The van der Waals surface area contributed by atoms with Crippen molar-refractivity contribution in [2.24, 2.45) is 5.73 Å². The number of ether oxygens (including phenoxy) is 2. The molecule has 0 fully saturated rings. The molecule has 0 saturated carbocycles. The predicted molar refractivity (Wildman–Crippen MR) is 95.3 cm³/mol. The minimum atomic E-state index is 0.456. The van der Waals surface area contributed by atoms with Crippen LogP contribution in [0.1, 0.15) is 18.3 Å². The second-order valence-corrected chi connectivity index (χ2v) is 5.44. The number of hydrogen-bond acceptors (Lipinski definition) is 5. The Labute approximate surface area is 141 Å². The first-order valence-corrected chi connectivity index (χ1v) is 7.95. The summed E-state index contributed by atoms with van der Waals surface area (Å²) in [5.41, 5.74) is 9.37. The fourth-order valence-electron chi connectivity index (χ4n) is 2.81. The molecule has 0 amide bonds. The number of methoxy groups -OCH3 is 1. The van der Waals surface area contributed by atoms with Crippen molar-refractivity contribution >= 4 is 10.9 Å². The van der Waals surface area contributed by atoms with Crippen molar-refractivity contribution in [2.45, 2.75) is 20.4 Å². The van der Waals surface area contributed by atoms with Crippen molar-refractivity contribution in [3.05, 3.63) is 47.8 Å². The van der Waals surface area contributed by atoms with Gasteiger partial charge in [-0.3, -0.25) is 0 Å². The van der Waals surface area contributed by atoms with Gasteiger partial charge in [0.1, 0.15) is 17.3 Å². The lowest BCUT2D eigenvalue weighted by Gasteiger charge is -2.15. The number of rotatable bonds is 5. The SMILES string of the molecule is CCOc1cccc2nc(C)nc(-c3cc(CN)ccc3OC)c12. The van der Waals surface area contributed by atoms with E-state index in [4.69, 9.17) is 15.2 Å². The van der Waals surface area contributed by atoms with Gasteiger partial charge in [0.25, 0.3) is 0 Å². The van der Waals surface area contributed by atoms with Gasteiger partial charge in [0.2, 0.25) is 0 Å². The Kier molecular flexibility index (Phi) is 4.62. The van der Waals surface area contributed by atoms with Gasteiger partial charge in [0, 0.05) is 12.1 Å². The maximum atomic E-state index is 5.81. The van der Waals surface area contributed by atoms with Gasteiger partial charge in [-0.25, -0.2) is 9.97 Å². The molecule has 0 atom stereocenters. The number of hydrogen-bond donors (Lipinski definition) is 1. The molecule has 1 aromatic heterocycles. The maximum absolute atomic E-state index is 5.81. The van der Waals surface area contributed by atoms with E-state index in [2.05, 4.69) is 9.97 Å². The highest BCUT2D eigenvalue weighted by molar-refractivity contribution is 5.98. The first-order valence-electron chi connectivity index (χ1n) is 7.95. The highest BCUT2D eigenvalue weighted by Crippen LogP contribution is 2.38. The van der Waals surface area contributed by atoms with Crippen molar-refractivity contribution in [2.75, 3.05) is 13.7 Å². The summed E-state index contributed by atoms with van der Waals surface area (Å²) in [7, 11) is 1.65. The van der Waals surface area contributed by atoms with E-state index in [1.165, 1.54) is 0 Å². The Bertz CT molecular complexity index is 878. The minimum Gasteiger partial charge on any atom is -0.496 e. The summed E-state index contributed by atoms with van der Waals surface area (Å²) in [5, 5.41) is 0.887. The number of aryl methyl sites for hydroxylation is 1. The zero-order valence-corrected chi connectivity index (χ0v) is 14.2. The van der Waals surface area contributed by atoms with Crippen LogP contribution in [0.25, 0.3) is 22.2 Å². The molecule has 2 aromatic carbocycles. The molecule has 0 bridgehead atoms. The molecule has 3 rings (SSSR count). The minimum absolute atomic E-state index is 0.456. The summed E-state index contributed by atoms with van der Waals surface area (Å²) in [6.45, 7) is 4.88. The van der Waals surface area contributed by atoms with Gasteiger partial charge >= 0.3 is 0 Å². The largest absolute Gasteiger partial charge is 0.496 e. The summed E-state index contributed by atoms with van der Waals surface area (Å²) < 4.78 is 11.4. The molecule has 0 aliphatic carbocycles. The summed E-state index contributed by atoms with van der Waals surface area (Å²) in [6.07, 6.45) is 0. The van der Waals surface area contributed by atoms with Crippen molar-refractivity contribution in [3.8, 4) is 22.8 Å². The monoisotopic (exact) mass is 323 g/mol. The highest BCUT2D eigenvalue weighted by Gasteiger charge is 2.17. The van der Waals surface area contributed by atoms with Crippen molar-refractivity contribution in [1.82, 2.24) is 9.97 Å². The summed E-state index contributed by atoms with van der Waals surface area (Å²) in [4.78, 5) is 9.23. The Hall–Kier alpha value is -2.66. The van der Waals surface area contributed by atoms with Crippen LogP contribution in [0, 0.1) is 6.92 Å². The average Bonchev–Trinajstić information content (AvgIpc) is 2.60. The smallest absolute Gasteiger partial charge is 0.130 e. The van der Waals surface area contributed by atoms with Crippen LogP contribution in [-0.2, 0) is 6.54 Å². The van der Waals surface area contributed by atoms with Gasteiger partial charge in [-0.15, -0.1) is 0 Å². The molecule has 24 heavy (non-hydrogen) atoms. The first-order chi connectivity index (χ1) is 11.7. The molecule has 124 valence electrons. The number of nitrogens with zero attached hydrogens (tertiary/aromatic N) is 2. The van der Waals surface area contributed by atoms with Crippen molar-refractivity contribution in [3.63, 3.8) is 0 Å². The number of aromatic nitrogens is 2. The predicted octanol–water partition coefficient (Wildman–Crippen LogP) is 3.47. The second kappa shape index (κ2) is 6.84. The third-order valence-electron chi connectivity index (χ3n) is 3.85. The molecular weight excluding hydrogens is 302 g/mol. The van der Waals surface area contributed by atoms with Gasteiger partial charge < -0.3 is 15.2 Å². The molecule has 5 nitrogen and oxygen atoms in total. The molecule has 0 saturated heterocycles. The van der Waals surface area contributed by atoms with Crippen molar-refractivity contribution in [1.29, 1.82) is 0 Å². The van der Waals surface area contributed by atoms with Crippen LogP contribution in [0.2, 0.25) is 0 Å². The summed E-state index contributed by atoms with van der Waals surface area (Å²) in [5.74, 6) is 2.22. The van der Waals surface area contributed by atoms with E-state index < -0.39 is 0 Å². The van der Waals surface area contributed by atoms with Crippen LogP contribution in [-0.4, -0.2) is 23.7 Å². The fraction of sp³-hybridized carbons (Fsp3) is 0.263. The van der Waals surface area contributed by atoms with Crippen LogP contribution in [0.5, 0.6) is 11.5 Å². The topological polar surface area (TPSA) is 70.3 Å². The van der Waals surface area contributed by atoms with Gasteiger partial charge in [0.15, 0.2) is 0 Å². The molecule has 3 aromatic rings. The summed E-state index contributed by atoms with van der Waals surface area (Å²) in [6, 6.07) is 11.7. The van der Waals surface area contributed by atoms with Crippen molar-refractivity contribution < 1.29 is 9.47 Å². The molecule has 0 spiro atoms. The number of fused-ring (bicyclic) bond motifs is 1. The van der Waals surface area contributed by atoms with Crippen LogP contribution in [0.15, 0.2) is 36.4 Å². The van der Waals surface area contributed by atoms with E-state index in [-0.39, 0.29) is 0 Å². The molecular formula is C19H21N3O2. The molecule has 0 radical (unpaired) electrons. The van der Waals surface area contributed by atoms with Gasteiger partial charge in [0.05, 0.1) is 30.3 Å². The fourth-order valence-corrected chi connectivity index (χ4v) is 2.81. The van der Waals surface area contributed by atoms with Gasteiger partial charge in [-0.1, -0.05) is 12.1 Å². The Morgan fingerprint density at radius 2 is 1.92 bits per heavy atom. The molecule has 0 aliphatic heterocycles. The van der Waals surface area contributed by atoms with E-state index in [9.17, 15) is 0 Å². The third-order valence-corrected chi connectivity index (χ3v) is 3.85. The van der Waals surface area contributed by atoms with Gasteiger partial charge in [-0.05, 0) is 43.7 Å². The van der Waals surface area contributed by atoms with E-state index >= 15 is 0 Å².